The molecule has 0 atom stereocenters. The first-order valence-corrected chi connectivity index (χ1v) is 20.9. The van der Waals surface area contributed by atoms with Gasteiger partial charge in [0.1, 0.15) is 0 Å². The van der Waals surface area contributed by atoms with Crippen molar-refractivity contribution in [2.75, 3.05) is 4.90 Å². The van der Waals surface area contributed by atoms with E-state index in [1.807, 2.05) is 127 Å². The Kier molecular flexibility index (Phi) is 7.31. The van der Waals surface area contributed by atoms with Crippen LogP contribution >= 0.6 is 0 Å². The van der Waals surface area contributed by atoms with Crippen LogP contribution in [0, 0.1) is 0 Å². The molecule has 0 amide bonds. The second-order valence-electron chi connectivity index (χ2n) is 16.3. The van der Waals surface area contributed by atoms with E-state index >= 15 is 0 Å². The molecule has 0 saturated carbocycles. The van der Waals surface area contributed by atoms with E-state index in [4.69, 9.17) is 0 Å². The van der Waals surface area contributed by atoms with Gasteiger partial charge >= 0.3 is 0 Å². The van der Waals surface area contributed by atoms with Crippen molar-refractivity contribution in [3.05, 3.63) is 248 Å². The van der Waals surface area contributed by atoms with E-state index in [9.17, 15) is 11.0 Å². The molecule has 11 rings (SSSR count). The zero-order valence-corrected chi connectivity index (χ0v) is 34.3. The quantitative estimate of drug-likeness (QED) is 0.148. The zero-order chi connectivity index (χ0) is 48.6. The van der Waals surface area contributed by atoms with Crippen LogP contribution in [0.2, 0.25) is 0 Å². The molecule has 1 heteroatoms. The molecule has 0 N–H and O–H groups in total. The topological polar surface area (TPSA) is 3.24 Å². The molecule has 0 bridgehead atoms. The van der Waals surface area contributed by atoms with E-state index in [0.29, 0.717) is 16.8 Å². The average molecular weight is 800 g/mol. The third-order valence-electron chi connectivity index (χ3n) is 12.2. The SMILES string of the molecule is [2H]c1c([2H])c(N(c2ccc(-c3cccc(-c4ccccc4)c3)cc2)c2c([2H])c([2H])c(-c3cccc4c3C(C)(C)c3ccccc3-4)c([2H])c2[2H])c([2H])c([2H])c1-c1cccc(-c2cccc3ccccc23)c1. The van der Waals surface area contributed by atoms with Gasteiger partial charge in [0.2, 0.25) is 0 Å². The smallest absolute Gasteiger partial charge is 0.0645 e. The van der Waals surface area contributed by atoms with Crippen LogP contribution in [0.4, 0.5) is 17.1 Å². The Morgan fingerprint density at radius 3 is 1.56 bits per heavy atom. The van der Waals surface area contributed by atoms with Crippen molar-refractivity contribution in [1.82, 2.24) is 0 Å². The Morgan fingerprint density at radius 1 is 0.339 bits per heavy atom. The molecule has 0 unspecified atom stereocenters. The number of nitrogens with zero attached hydrogens (tertiary/aromatic N) is 1. The lowest BCUT2D eigenvalue weighted by molar-refractivity contribution is 0.662. The van der Waals surface area contributed by atoms with Crippen molar-refractivity contribution in [2.24, 2.45) is 0 Å². The molecule has 1 aliphatic carbocycles. The fraction of sp³-hybridized carbons (Fsp3) is 0.0492. The molecule has 294 valence electrons. The van der Waals surface area contributed by atoms with Gasteiger partial charge in [0.25, 0.3) is 0 Å². The predicted octanol–water partition coefficient (Wildman–Crippen LogP) is 17.0. The lowest BCUT2D eigenvalue weighted by Gasteiger charge is -2.27. The van der Waals surface area contributed by atoms with E-state index in [0.717, 1.165) is 66.4 Å². The normalized spacial score (nSPS) is 14.3. The number of benzene rings is 10. The summed E-state index contributed by atoms with van der Waals surface area (Å²) >= 11 is 0. The minimum absolute atomic E-state index is 0.103. The highest BCUT2D eigenvalue weighted by atomic mass is 15.1. The summed E-state index contributed by atoms with van der Waals surface area (Å²) in [5.74, 6) is 0. The summed E-state index contributed by atoms with van der Waals surface area (Å²) in [6.45, 7) is 4.22. The van der Waals surface area contributed by atoms with Crippen LogP contribution in [0.5, 0.6) is 0 Å². The molecule has 1 aliphatic rings. The van der Waals surface area contributed by atoms with Crippen molar-refractivity contribution >= 4 is 27.8 Å². The number of fused-ring (bicyclic) bond motifs is 4. The molecule has 1 nitrogen and oxygen atoms in total. The molecule has 62 heavy (non-hydrogen) atoms. The summed E-state index contributed by atoms with van der Waals surface area (Å²) in [6.07, 6.45) is 0. The van der Waals surface area contributed by atoms with Gasteiger partial charge in [-0.05, 0) is 137 Å². The number of hydrogen-bond acceptors (Lipinski definition) is 1. The number of rotatable bonds is 8. The lowest BCUT2D eigenvalue weighted by Crippen LogP contribution is -2.16. The molecule has 10 aromatic rings. The second-order valence-corrected chi connectivity index (χ2v) is 16.3. The first kappa shape index (κ1) is 29.5. The number of hydrogen-bond donors (Lipinski definition) is 0. The van der Waals surface area contributed by atoms with Crippen LogP contribution < -0.4 is 4.90 Å². The molecular formula is C61H45N. The molecular weight excluding hydrogens is 747 g/mol. The highest BCUT2D eigenvalue weighted by molar-refractivity contribution is 5.97. The van der Waals surface area contributed by atoms with Crippen LogP contribution in [-0.2, 0) is 5.41 Å². The molecule has 0 spiro atoms. The monoisotopic (exact) mass is 799 g/mol. The maximum Gasteiger partial charge on any atom is 0.0645 e. The largest absolute Gasteiger partial charge is 0.311 e. The standard InChI is InChI=1S/C61H45N/c1-61(2)59-27-9-8-23-57(59)58-26-13-25-56(60(58)61)46-32-38-53(39-33-46)62(51-34-28-43(29-35-51)48-19-10-18-47(40-48)42-14-4-3-5-15-42)52-36-30-44(31-37-52)49-20-11-21-50(41-49)55-24-12-17-45-16-6-7-22-54(45)55/h3-41H,1-2H3/i30D,31D,32D,33D,36D,37D,38D,39D. The Balaban J connectivity index is 1.10. The highest BCUT2D eigenvalue weighted by Crippen LogP contribution is 2.52. The van der Waals surface area contributed by atoms with Gasteiger partial charge in [0.15, 0.2) is 0 Å². The van der Waals surface area contributed by atoms with Gasteiger partial charge in [-0.1, -0.05) is 202 Å². The molecule has 0 radical (unpaired) electrons. The fourth-order valence-electron chi connectivity index (χ4n) is 9.17. The molecule has 0 heterocycles. The maximum atomic E-state index is 9.80. The Hall–Kier alpha value is -7.74. The minimum atomic E-state index is -0.510. The summed E-state index contributed by atoms with van der Waals surface area (Å²) in [4.78, 5) is 1.38. The van der Waals surface area contributed by atoms with Gasteiger partial charge in [-0.3, -0.25) is 0 Å². The molecule has 10 aromatic carbocycles. The van der Waals surface area contributed by atoms with Gasteiger partial charge in [0.05, 0.1) is 11.0 Å². The van der Waals surface area contributed by atoms with Gasteiger partial charge in [-0.2, -0.15) is 0 Å². The van der Waals surface area contributed by atoms with E-state index in [1.54, 1.807) is 18.2 Å². The van der Waals surface area contributed by atoms with Crippen molar-refractivity contribution in [1.29, 1.82) is 0 Å². The number of anilines is 3. The Morgan fingerprint density at radius 2 is 0.823 bits per heavy atom. The van der Waals surface area contributed by atoms with Crippen LogP contribution in [0.3, 0.4) is 0 Å². The molecule has 0 fully saturated rings. The lowest BCUT2D eigenvalue weighted by atomic mass is 9.79. The van der Waals surface area contributed by atoms with Gasteiger partial charge in [-0.25, -0.2) is 0 Å². The summed E-state index contributed by atoms with van der Waals surface area (Å²) in [7, 11) is 0. The van der Waals surface area contributed by atoms with E-state index in [1.165, 1.54) is 4.90 Å². The summed E-state index contributed by atoms with van der Waals surface area (Å²) in [5.41, 5.74) is 10.5. The Bertz CT molecular complexity index is 3670. The van der Waals surface area contributed by atoms with Crippen molar-refractivity contribution in [2.45, 2.75) is 19.3 Å². The third-order valence-corrected chi connectivity index (χ3v) is 12.2. The first-order chi connectivity index (χ1) is 33.8. The van der Waals surface area contributed by atoms with Crippen LogP contribution in [-0.4, -0.2) is 0 Å². The van der Waals surface area contributed by atoms with Crippen molar-refractivity contribution < 1.29 is 11.0 Å². The van der Waals surface area contributed by atoms with E-state index < -0.39 is 17.5 Å². The summed E-state index contributed by atoms with van der Waals surface area (Å²) in [6, 6.07) is 58.3. The van der Waals surface area contributed by atoms with Gasteiger partial charge in [0, 0.05) is 22.5 Å². The van der Waals surface area contributed by atoms with Crippen LogP contribution in [0.1, 0.15) is 35.9 Å². The molecule has 0 aromatic heterocycles. The summed E-state index contributed by atoms with van der Waals surface area (Å²) in [5, 5.41) is 2.11. The Labute approximate surface area is 376 Å². The highest BCUT2D eigenvalue weighted by Gasteiger charge is 2.37. The van der Waals surface area contributed by atoms with Crippen molar-refractivity contribution in [3.8, 4) is 66.8 Å². The van der Waals surface area contributed by atoms with Crippen LogP contribution in [0.15, 0.2) is 236 Å². The van der Waals surface area contributed by atoms with Gasteiger partial charge < -0.3 is 4.90 Å². The first-order valence-electron chi connectivity index (χ1n) is 24.9. The molecule has 0 saturated heterocycles. The van der Waals surface area contributed by atoms with Gasteiger partial charge in [-0.15, -0.1) is 0 Å². The minimum Gasteiger partial charge on any atom is -0.311 e. The average Bonchev–Trinajstić information content (AvgIpc) is 3.63. The fourth-order valence-corrected chi connectivity index (χ4v) is 9.17. The maximum absolute atomic E-state index is 9.80. The third kappa shape index (κ3) is 6.60. The zero-order valence-electron chi connectivity index (χ0n) is 42.3. The van der Waals surface area contributed by atoms with E-state index in [2.05, 4.69) is 56.3 Å². The van der Waals surface area contributed by atoms with E-state index in [-0.39, 0.29) is 58.8 Å². The summed E-state index contributed by atoms with van der Waals surface area (Å²) < 4.78 is 77.7. The van der Waals surface area contributed by atoms with Crippen LogP contribution in [0.25, 0.3) is 77.5 Å². The second kappa shape index (κ2) is 15.4. The predicted molar refractivity (Wildman–Crippen MR) is 263 cm³/mol. The molecule has 0 aliphatic heterocycles. The van der Waals surface area contributed by atoms with Crippen molar-refractivity contribution in [3.63, 3.8) is 0 Å².